The van der Waals surface area contributed by atoms with E-state index in [1.165, 1.54) is 0 Å². The molecular formula is C15H16N4OS. The molecule has 21 heavy (non-hydrogen) atoms. The Morgan fingerprint density at radius 1 is 1.24 bits per heavy atom. The molecule has 0 saturated heterocycles. The normalized spacial score (nSPS) is 12.5. The fourth-order valence-corrected chi connectivity index (χ4v) is 2.71. The molecule has 6 heteroatoms. The zero-order valence-electron chi connectivity index (χ0n) is 11.7. The maximum Gasteiger partial charge on any atom is 0.243 e. The van der Waals surface area contributed by atoms with Crippen LogP contribution in [-0.2, 0) is 12.8 Å². The van der Waals surface area contributed by atoms with Crippen molar-refractivity contribution in [2.45, 2.75) is 25.8 Å². The van der Waals surface area contributed by atoms with Crippen LogP contribution in [0.3, 0.4) is 0 Å². The highest BCUT2D eigenvalue weighted by Gasteiger charge is 2.16. The fraction of sp³-hybridized carbons (Fsp3) is 0.267. The zero-order valence-corrected chi connectivity index (χ0v) is 12.5. The molecule has 2 N–H and O–H groups in total. The van der Waals surface area contributed by atoms with Gasteiger partial charge in [-0.05, 0) is 18.9 Å². The Hall–Kier alpha value is -2.05. The summed E-state index contributed by atoms with van der Waals surface area (Å²) >= 11 is 1.62. The first-order valence-electron chi connectivity index (χ1n) is 6.73. The van der Waals surface area contributed by atoms with Crippen LogP contribution < -0.4 is 5.73 Å². The first kappa shape index (κ1) is 13.9. The number of hydrogen-bond donors (Lipinski definition) is 1. The lowest BCUT2D eigenvalue weighted by atomic mass is 10.1. The minimum atomic E-state index is -0.286. The van der Waals surface area contributed by atoms with E-state index in [-0.39, 0.29) is 6.04 Å². The van der Waals surface area contributed by atoms with E-state index in [2.05, 4.69) is 15.1 Å². The lowest BCUT2D eigenvalue weighted by Gasteiger charge is -2.05. The Labute approximate surface area is 126 Å². The van der Waals surface area contributed by atoms with Crippen LogP contribution >= 0.6 is 11.3 Å². The number of nitrogens with two attached hydrogens (primary N) is 1. The number of nitrogens with zero attached hydrogens (tertiary/aromatic N) is 3. The van der Waals surface area contributed by atoms with Crippen LogP contribution in [0.25, 0.3) is 0 Å². The van der Waals surface area contributed by atoms with E-state index in [1.807, 2.05) is 42.6 Å². The van der Waals surface area contributed by atoms with E-state index in [0.29, 0.717) is 24.6 Å². The largest absolute Gasteiger partial charge is 0.338 e. The van der Waals surface area contributed by atoms with Gasteiger partial charge < -0.3 is 10.3 Å². The Morgan fingerprint density at radius 3 is 2.76 bits per heavy atom. The van der Waals surface area contributed by atoms with Gasteiger partial charge in [0, 0.05) is 5.38 Å². The van der Waals surface area contributed by atoms with Crippen LogP contribution in [0.15, 0.2) is 40.2 Å². The highest BCUT2D eigenvalue weighted by Crippen LogP contribution is 2.16. The molecular weight excluding hydrogens is 284 g/mol. The van der Waals surface area contributed by atoms with Crippen LogP contribution in [0.2, 0.25) is 0 Å². The molecule has 1 aromatic carbocycles. The second-order valence-electron chi connectivity index (χ2n) is 4.88. The molecule has 0 saturated carbocycles. The molecule has 0 aliphatic heterocycles. The predicted molar refractivity (Wildman–Crippen MR) is 81.0 cm³/mol. The van der Waals surface area contributed by atoms with Gasteiger partial charge in [0.15, 0.2) is 5.82 Å². The number of rotatable bonds is 5. The molecule has 0 radical (unpaired) electrons. The van der Waals surface area contributed by atoms with Gasteiger partial charge >= 0.3 is 0 Å². The van der Waals surface area contributed by atoms with Crippen molar-refractivity contribution < 1.29 is 4.52 Å². The van der Waals surface area contributed by atoms with Gasteiger partial charge in [-0.1, -0.05) is 35.5 Å². The summed E-state index contributed by atoms with van der Waals surface area (Å²) in [6.45, 7) is 1.98. The topological polar surface area (TPSA) is 77.8 Å². The van der Waals surface area contributed by atoms with Gasteiger partial charge in [-0.2, -0.15) is 4.98 Å². The second-order valence-corrected chi connectivity index (χ2v) is 5.94. The summed E-state index contributed by atoms with van der Waals surface area (Å²) in [5.41, 5.74) is 8.24. The summed E-state index contributed by atoms with van der Waals surface area (Å²) in [5.74, 6) is 1.10. The molecule has 0 aliphatic rings. The Kier molecular flexibility index (Phi) is 4.08. The zero-order chi connectivity index (χ0) is 14.7. The summed E-state index contributed by atoms with van der Waals surface area (Å²) in [6.07, 6.45) is 1.25. The SMILES string of the molecule is Cc1nc(Cc2noc([C@@H](N)Cc3ccccc3)n2)cs1. The van der Waals surface area contributed by atoms with Crippen molar-refractivity contribution in [3.05, 3.63) is 63.7 Å². The number of hydrogen-bond acceptors (Lipinski definition) is 6. The van der Waals surface area contributed by atoms with Gasteiger partial charge in [0.25, 0.3) is 0 Å². The van der Waals surface area contributed by atoms with E-state index in [4.69, 9.17) is 10.3 Å². The maximum absolute atomic E-state index is 6.13. The number of thiazole rings is 1. The molecule has 0 bridgehead atoms. The van der Waals surface area contributed by atoms with Crippen LogP contribution in [0.1, 0.15) is 34.0 Å². The molecule has 0 spiro atoms. The summed E-state index contributed by atoms with van der Waals surface area (Å²) in [5, 5.41) is 7.03. The van der Waals surface area contributed by atoms with Crippen molar-refractivity contribution >= 4 is 11.3 Å². The Morgan fingerprint density at radius 2 is 2.05 bits per heavy atom. The third kappa shape index (κ3) is 3.53. The smallest absolute Gasteiger partial charge is 0.243 e. The lowest BCUT2D eigenvalue weighted by Crippen LogP contribution is -2.13. The Bertz CT molecular complexity index is 707. The molecule has 2 heterocycles. The van der Waals surface area contributed by atoms with E-state index >= 15 is 0 Å². The van der Waals surface area contributed by atoms with E-state index in [1.54, 1.807) is 11.3 Å². The van der Waals surface area contributed by atoms with Crippen molar-refractivity contribution in [1.82, 2.24) is 15.1 Å². The standard InChI is InChI=1S/C15H16N4OS/c1-10-17-12(9-21-10)8-14-18-15(20-19-14)13(16)7-11-5-3-2-4-6-11/h2-6,9,13H,7-8,16H2,1H3/t13-/m0/s1. The van der Waals surface area contributed by atoms with Crippen molar-refractivity contribution in [2.24, 2.45) is 5.73 Å². The van der Waals surface area contributed by atoms with Crippen molar-refractivity contribution in [1.29, 1.82) is 0 Å². The monoisotopic (exact) mass is 300 g/mol. The highest BCUT2D eigenvalue weighted by atomic mass is 32.1. The summed E-state index contributed by atoms with van der Waals surface area (Å²) in [4.78, 5) is 8.77. The van der Waals surface area contributed by atoms with Gasteiger partial charge in [-0.3, -0.25) is 0 Å². The van der Waals surface area contributed by atoms with Crippen LogP contribution in [-0.4, -0.2) is 15.1 Å². The molecule has 0 unspecified atom stereocenters. The van der Waals surface area contributed by atoms with Gasteiger partial charge in [0.05, 0.1) is 23.2 Å². The number of benzene rings is 1. The quantitative estimate of drug-likeness (QED) is 0.783. The van der Waals surface area contributed by atoms with Crippen molar-refractivity contribution in [3.8, 4) is 0 Å². The Balaban J connectivity index is 1.66. The molecule has 108 valence electrons. The first-order valence-corrected chi connectivity index (χ1v) is 7.61. The molecule has 5 nitrogen and oxygen atoms in total. The van der Waals surface area contributed by atoms with E-state index in [0.717, 1.165) is 16.3 Å². The minimum Gasteiger partial charge on any atom is -0.338 e. The van der Waals surface area contributed by atoms with Crippen LogP contribution in [0, 0.1) is 6.92 Å². The first-order chi connectivity index (χ1) is 10.2. The average molecular weight is 300 g/mol. The lowest BCUT2D eigenvalue weighted by molar-refractivity contribution is 0.350. The minimum absolute atomic E-state index is 0.286. The summed E-state index contributed by atoms with van der Waals surface area (Å²) in [7, 11) is 0. The van der Waals surface area contributed by atoms with Crippen molar-refractivity contribution in [2.75, 3.05) is 0 Å². The molecule has 3 rings (SSSR count). The maximum atomic E-state index is 6.13. The second kappa shape index (κ2) is 6.15. The highest BCUT2D eigenvalue weighted by molar-refractivity contribution is 7.09. The fourth-order valence-electron chi connectivity index (χ4n) is 2.10. The molecule has 0 fully saturated rings. The van der Waals surface area contributed by atoms with Gasteiger partial charge in [0.1, 0.15) is 0 Å². The number of aryl methyl sites for hydroxylation is 1. The number of aromatic nitrogens is 3. The predicted octanol–water partition coefficient (Wildman–Crippen LogP) is 2.67. The molecule has 0 aliphatic carbocycles. The molecule has 2 aromatic heterocycles. The summed E-state index contributed by atoms with van der Waals surface area (Å²) < 4.78 is 5.27. The summed E-state index contributed by atoms with van der Waals surface area (Å²) in [6, 6.07) is 9.75. The van der Waals surface area contributed by atoms with E-state index < -0.39 is 0 Å². The molecule has 1 atom stereocenters. The third-order valence-electron chi connectivity index (χ3n) is 3.11. The van der Waals surface area contributed by atoms with Crippen LogP contribution in [0.4, 0.5) is 0 Å². The van der Waals surface area contributed by atoms with E-state index in [9.17, 15) is 0 Å². The average Bonchev–Trinajstić information content (AvgIpc) is 3.10. The van der Waals surface area contributed by atoms with Crippen molar-refractivity contribution in [3.63, 3.8) is 0 Å². The van der Waals surface area contributed by atoms with Crippen LogP contribution in [0.5, 0.6) is 0 Å². The third-order valence-corrected chi connectivity index (χ3v) is 3.93. The van der Waals surface area contributed by atoms with Gasteiger partial charge in [-0.25, -0.2) is 4.98 Å². The molecule has 3 aromatic rings. The van der Waals surface area contributed by atoms with Gasteiger partial charge in [-0.15, -0.1) is 11.3 Å². The molecule has 0 amide bonds. The van der Waals surface area contributed by atoms with Gasteiger partial charge in [0.2, 0.25) is 5.89 Å².